The van der Waals surface area contributed by atoms with Crippen LogP contribution in [0.15, 0.2) is 35.0 Å². The van der Waals surface area contributed by atoms with Gasteiger partial charge in [-0.05, 0) is 42.2 Å². The highest BCUT2D eigenvalue weighted by Crippen LogP contribution is 2.27. The van der Waals surface area contributed by atoms with Crippen molar-refractivity contribution in [3.8, 4) is 0 Å². The van der Waals surface area contributed by atoms with E-state index in [1.54, 1.807) is 22.7 Å². The maximum atomic E-state index is 13.2. The summed E-state index contributed by atoms with van der Waals surface area (Å²) in [6, 6.07) is 8.29. The van der Waals surface area contributed by atoms with Crippen LogP contribution in [0.2, 0.25) is 0 Å². The van der Waals surface area contributed by atoms with Gasteiger partial charge in [-0.15, -0.1) is 22.7 Å². The van der Waals surface area contributed by atoms with Crippen molar-refractivity contribution < 1.29 is 9.90 Å². The molecule has 0 saturated carbocycles. The molecule has 0 aromatic carbocycles. The summed E-state index contributed by atoms with van der Waals surface area (Å²) in [7, 11) is 0. The third-order valence-electron chi connectivity index (χ3n) is 4.25. The lowest BCUT2D eigenvalue weighted by Crippen LogP contribution is -2.45. The highest BCUT2D eigenvalue weighted by molar-refractivity contribution is 7.10. The molecular formula is C20H29NO2S2. The van der Waals surface area contributed by atoms with Crippen molar-refractivity contribution >= 4 is 28.5 Å². The monoisotopic (exact) mass is 379 g/mol. The van der Waals surface area contributed by atoms with Crippen LogP contribution in [0.3, 0.4) is 0 Å². The van der Waals surface area contributed by atoms with Crippen molar-refractivity contribution in [3.05, 3.63) is 44.8 Å². The summed E-state index contributed by atoms with van der Waals surface area (Å²) in [4.78, 5) is 18.0. The molecule has 1 unspecified atom stereocenters. The quantitative estimate of drug-likeness (QED) is 0.593. The number of aliphatic hydroxyl groups excluding tert-OH is 1. The summed E-state index contributed by atoms with van der Waals surface area (Å²) in [6.45, 7) is 7.78. The Morgan fingerprint density at radius 2 is 1.64 bits per heavy atom. The molecule has 2 aromatic heterocycles. The van der Waals surface area contributed by atoms with Gasteiger partial charge in [-0.1, -0.05) is 32.9 Å². The molecule has 0 bridgehead atoms. The standard InChI is InChI=1S/C20H29NO2S2/c1-20(2,3)19(23)18(10-4-5-11-22)21(14-16-8-6-12-24-16)15-17-9-7-13-25-17/h6-9,12-13,18,22H,4-5,10-11,14-15H2,1-3H3. The van der Waals surface area contributed by atoms with Gasteiger partial charge in [0.1, 0.15) is 0 Å². The normalized spacial score (nSPS) is 13.3. The number of hydrogen-bond acceptors (Lipinski definition) is 5. The van der Waals surface area contributed by atoms with Gasteiger partial charge in [0, 0.05) is 34.9 Å². The molecule has 0 spiro atoms. The minimum absolute atomic E-state index is 0.115. The Kier molecular flexibility index (Phi) is 7.81. The number of unbranched alkanes of at least 4 members (excludes halogenated alkanes) is 1. The van der Waals surface area contributed by atoms with E-state index in [1.165, 1.54) is 9.75 Å². The highest BCUT2D eigenvalue weighted by atomic mass is 32.1. The van der Waals surface area contributed by atoms with Gasteiger partial charge in [0.05, 0.1) is 6.04 Å². The van der Waals surface area contributed by atoms with Crippen LogP contribution in [-0.4, -0.2) is 28.4 Å². The number of hydrogen-bond donors (Lipinski definition) is 1. The average Bonchev–Trinajstić information content (AvgIpc) is 3.23. The van der Waals surface area contributed by atoms with Crippen molar-refractivity contribution in [2.24, 2.45) is 5.41 Å². The Hall–Kier alpha value is -1.01. The second-order valence-corrected chi connectivity index (χ2v) is 9.48. The zero-order valence-electron chi connectivity index (χ0n) is 15.4. The van der Waals surface area contributed by atoms with Crippen LogP contribution in [0.1, 0.15) is 49.8 Å². The van der Waals surface area contributed by atoms with Gasteiger partial charge >= 0.3 is 0 Å². The van der Waals surface area contributed by atoms with Gasteiger partial charge in [0.15, 0.2) is 5.78 Å². The Morgan fingerprint density at radius 1 is 1.08 bits per heavy atom. The molecule has 3 nitrogen and oxygen atoms in total. The first-order chi connectivity index (χ1) is 11.9. The number of Topliss-reactive ketones (excluding diaryl/α,β-unsaturated/α-hetero) is 1. The minimum Gasteiger partial charge on any atom is -0.396 e. The third-order valence-corrected chi connectivity index (χ3v) is 5.97. The van der Waals surface area contributed by atoms with E-state index in [0.29, 0.717) is 5.78 Å². The predicted octanol–water partition coefficient (Wildman–Crippen LogP) is 4.96. The van der Waals surface area contributed by atoms with Crippen molar-refractivity contribution in [3.63, 3.8) is 0 Å². The largest absolute Gasteiger partial charge is 0.396 e. The molecule has 0 aliphatic heterocycles. The number of rotatable bonds is 10. The van der Waals surface area contributed by atoms with Crippen LogP contribution in [0.4, 0.5) is 0 Å². The molecule has 0 aliphatic rings. The van der Waals surface area contributed by atoms with Crippen molar-refractivity contribution in [2.75, 3.05) is 6.61 Å². The molecule has 2 heterocycles. The molecule has 138 valence electrons. The number of thiophene rings is 2. The van der Waals surface area contributed by atoms with Gasteiger partial charge in [-0.3, -0.25) is 9.69 Å². The fourth-order valence-corrected chi connectivity index (χ4v) is 4.37. The van der Waals surface area contributed by atoms with Gasteiger partial charge < -0.3 is 5.11 Å². The zero-order valence-corrected chi connectivity index (χ0v) is 17.0. The lowest BCUT2D eigenvalue weighted by molar-refractivity contribution is -0.132. The van der Waals surface area contributed by atoms with Gasteiger partial charge in [0.2, 0.25) is 0 Å². The van der Waals surface area contributed by atoms with E-state index < -0.39 is 0 Å². The first kappa shape index (κ1) is 20.3. The molecule has 1 atom stereocenters. The molecule has 25 heavy (non-hydrogen) atoms. The van der Waals surface area contributed by atoms with Crippen LogP contribution >= 0.6 is 22.7 Å². The molecule has 0 aliphatic carbocycles. The smallest absolute Gasteiger partial charge is 0.155 e. The molecule has 5 heteroatoms. The van der Waals surface area contributed by atoms with Crippen LogP contribution in [0.25, 0.3) is 0 Å². The molecule has 1 N–H and O–H groups in total. The number of carbonyl (C=O) groups excluding carboxylic acids is 1. The Balaban J connectivity index is 2.23. The Bertz CT molecular complexity index is 578. The SMILES string of the molecule is CC(C)(C)C(=O)C(CCCCO)N(Cc1cccs1)Cc1cccs1. The van der Waals surface area contributed by atoms with E-state index in [-0.39, 0.29) is 18.1 Å². The molecular weight excluding hydrogens is 350 g/mol. The maximum Gasteiger partial charge on any atom is 0.155 e. The lowest BCUT2D eigenvalue weighted by atomic mass is 9.84. The van der Waals surface area contributed by atoms with Crippen LogP contribution in [0.5, 0.6) is 0 Å². The van der Waals surface area contributed by atoms with Gasteiger partial charge in [-0.25, -0.2) is 0 Å². The predicted molar refractivity (Wildman–Crippen MR) is 107 cm³/mol. The number of nitrogens with zero attached hydrogens (tertiary/aromatic N) is 1. The fraction of sp³-hybridized carbons (Fsp3) is 0.550. The summed E-state index contributed by atoms with van der Waals surface area (Å²) in [5, 5.41) is 13.3. The summed E-state index contributed by atoms with van der Waals surface area (Å²) in [6.07, 6.45) is 2.42. The first-order valence-corrected chi connectivity index (χ1v) is 10.6. The molecule has 0 fully saturated rings. The molecule has 0 saturated heterocycles. The maximum absolute atomic E-state index is 13.2. The molecule has 0 amide bonds. The van der Waals surface area contributed by atoms with Gasteiger partial charge in [0.25, 0.3) is 0 Å². The van der Waals surface area contributed by atoms with E-state index in [1.807, 2.05) is 20.8 Å². The minimum atomic E-state index is -0.368. The zero-order chi connectivity index (χ0) is 18.3. The average molecular weight is 380 g/mol. The van der Waals surface area contributed by atoms with E-state index >= 15 is 0 Å². The summed E-state index contributed by atoms with van der Waals surface area (Å²) in [5.74, 6) is 0.290. The Morgan fingerprint density at radius 3 is 2.04 bits per heavy atom. The van der Waals surface area contributed by atoms with E-state index in [9.17, 15) is 4.79 Å². The number of ketones is 1. The molecule has 2 rings (SSSR count). The van der Waals surface area contributed by atoms with Crippen LogP contribution in [-0.2, 0) is 17.9 Å². The Labute approximate surface area is 159 Å². The summed E-state index contributed by atoms with van der Waals surface area (Å²) < 4.78 is 0. The highest BCUT2D eigenvalue weighted by Gasteiger charge is 2.33. The topological polar surface area (TPSA) is 40.5 Å². The second kappa shape index (κ2) is 9.62. The number of aliphatic hydroxyl groups is 1. The molecule has 2 aromatic rings. The fourth-order valence-electron chi connectivity index (χ4n) is 2.91. The van der Waals surface area contributed by atoms with E-state index in [2.05, 4.69) is 39.9 Å². The number of carbonyl (C=O) groups is 1. The van der Waals surface area contributed by atoms with Crippen molar-refractivity contribution in [1.29, 1.82) is 0 Å². The summed E-state index contributed by atoms with van der Waals surface area (Å²) in [5.41, 5.74) is -0.368. The van der Waals surface area contributed by atoms with Crippen LogP contribution in [0, 0.1) is 5.41 Å². The van der Waals surface area contributed by atoms with E-state index in [4.69, 9.17) is 5.11 Å². The van der Waals surface area contributed by atoms with Crippen molar-refractivity contribution in [1.82, 2.24) is 4.90 Å². The van der Waals surface area contributed by atoms with Crippen LogP contribution < -0.4 is 0 Å². The lowest BCUT2D eigenvalue weighted by Gasteiger charge is -2.34. The second-order valence-electron chi connectivity index (χ2n) is 7.41. The van der Waals surface area contributed by atoms with Crippen molar-refractivity contribution in [2.45, 2.75) is 59.2 Å². The van der Waals surface area contributed by atoms with E-state index in [0.717, 1.165) is 32.4 Å². The first-order valence-electron chi connectivity index (χ1n) is 8.86. The molecule has 0 radical (unpaired) electrons. The third kappa shape index (κ3) is 6.33. The summed E-state index contributed by atoms with van der Waals surface area (Å²) >= 11 is 3.48. The van der Waals surface area contributed by atoms with Gasteiger partial charge in [-0.2, -0.15) is 0 Å².